The van der Waals surface area contributed by atoms with Gasteiger partial charge in [-0.15, -0.1) is 0 Å². The van der Waals surface area contributed by atoms with E-state index in [1.165, 1.54) is 0 Å². The highest BCUT2D eigenvalue weighted by Crippen LogP contribution is 2.30. The van der Waals surface area contributed by atoms with Crippen LogP contribution in [0.25, 0.3) is 11.4 Å². The number of hydrogen-bond acceptors (Lipinski definition) is 3. The number of H-pyrrole nitrogens is 1. The maximum atomic E-state index is 12.1. The molecule has 1 N–H and O–H groups in total. The molecule has 0 radical (unpaired) electrons. The van der Waals surface area contributed by atoms with Gasteiger partial charge in [0.2, 0.25) is 0 Å². The van der Waals surface area contributed by atoms with E-state index in [9.17, 15) is 4.79 Å². The molecule has 112 valence electrons. The SMILES string of the molecule is COc1cc(Cl)ccc1-c1nc(CC(C)C)c(I)c(=O)[nH]1. The quantitative estimate of drug-likeness (QED) is 0.766. The second-order valence-corrected chi connectivity index (χ2v) is 6.63. The second-order valence-electron chi connectivity index (χ2n) is 5.12. The molecular formula is C15H16ClIN2O2. The zero-order valence-corrected chi connectivity index (χ0v) is 14.9. The van der Waals surface area contributed by atoms with E-state index in [1.54, 1.807) is 25.3 Å². The van der Waals surface area contributed by atoms with E-state index in [0.29, 0.717) is 26.1 Å². The minimum atomic E-state index is -0.131. The molecule has 0 spiro atoms. The Labute approximate surface area is 142 Å². The van der Waals surface area contributed by atoms with Gasteiger partial charge >= 0.3 is 0 Å². The maximum absolute atomic E-state index is 12.1. The zero-order chi connectivity index (χ0) is 15.6. The monoisotopic (exact) mass is 418 g/mol. The third-order valence-corrected chi connectivity index (χ3v) is 4.30. The summed E-state index contributed by atoms with van der Waals surface area (Å²) >= 11 is 8.01. The van der Waals surface area contributed by atoms with Crippen molar-refractivity contribution in [3.63, 3.8) is 0 Å². The summed E-state index contributed by atoms with van der Waals surface area (Å²) in [5.74, 6) is 1.51. The summed E-state index contributed by atoms with van der Waals surface area (Å²) in [4.78, 5) is 19.5. The first kappa shape index (κ1) is 16.3. The summed E-state index contributed by atoms with van der Waals surface area (Å²) in [5, 5.41) is 0.575. The molecule has 1 heterocycles. The van der Waals surface area contributed by atoms with Crippen LogP contribution in [0.1, 0.15) is 19.5 Å². The van der Waals surface area contributed by atoms with Gasteiger partial charge in [0.15, 0.2) is 0 Å². The largest absolute Gasteiger partial charge is 0.496 e. The molecule has 0 fully saturated rings. The first-order valence-electron chi connectivity index (χ1n) is 6.55. The molecular weight excluding hydrogens is 403 g/mol. The van der Waals surface area contributed by atoms with Gasteiger partial charge in [-0.05, 0) is 53.1 Å². The molecule has 0 unspecified atom stereocenters. The molecule has 0 aliphatic carbocycles. The Balaban J connectivity index is 2.59. The summed E-state index contributed by atoms with van der Waals surface area (Å²) in [6.07, 6.45) is 0.755. The van der Waals surface area contributed by atoms with Crippen molar-refractivity contribution in [2.45, 2.75) is 20.3 Å². The van der Waals surface area contributed by atoms with Crippen LogP contribution in [-0.4, -0.2) is 17.1 Å². The standard InChI is InChI=1S/C15H16ClIN2O2/c1-8(2)6-11-13(17)15(20)19-14(18-11)10-5-4-9(16)7-12(10)21-3/h4-5,7-8H,6H2,1-3H3,(H,18,19,20). The molecule has 0 amide bonds. The molecule has 4 nitrogen and oxygen atoms in total. The molecule has 0 saturated carbocycles. The average Bonchev–Trinajstić information content (AvgIpc) is 2.43. The molecule has 2 aromatic rings. The number of aromatic amines is 1. The number of benzene rings is 1. The molecule has 0 aliphatic rings. The Morgan fingerprint density at radius 2 is 2.14 bits per heavy atom. The van der Waals surface area contributed by atoms with Crippen LogP contribution < -0.4 is 10.3 Å². The average molecular weight is 419 g/mol. The highest BCUT2D eigenvalue weighted by atomic mass is 127. The van der Waals surface area contributed by atoms with Gasteiger partial charge in [-0.25, -0.2) is 4.98 Å². The van der Waals surface area contributed by atoms with Crippen molar-refractivity contribution in [1.29, 1.82) is 0 Å². The first-order chi connectivity index (χ1) is 9.92. The second kappa shape index (κ2) is 6.79. The minimum Gasteiger partial charge on any atom is -0.496 e. The van der Waals surface area contributed by atoms with Crippen LogP contribution >= 0.6 is 34.2 Å². The van der Waals surface area contributed by atoms with Crippen molar-refractivity contribution >= 4 is 34.2 Å². The van der Waals surface area contributed by atoms with Crippen LogP contribution in [0.2, 0.25) is 5.02 Å². The van der Waals surface area contributed by atoms with Gasteiger partial charge < -0.3 is 9.72 Å². The van der Waals surface area contributed by atoms with E-state index in [4.69, 9.17) is 16.3 Å². The van der Waals surface area contributed by atoms with Crippen LogP contribution in [-0.2, 0) is 6.42 Å². The van der Waals surface area contributed by atoms with Gasteiger partial charge in [0, 0.05) is 5.02 Å². The summed E-state index contributed by atoms with van der Waals surface area (Å²) in [6.45, 7) is 4.20. The van der Waals surface area contributed by atoms with Crippen LogP contribution in [0.15, 0.2) is 23.0 Å². The van der Waals surface area contributed by atoms with Crippen molar-refractivity contribution in [3.05, 3.63) is 42.8 Å². The van der Waals surface area contributed by atoms with Gasteiger partial charge in [0.05, 0.1) is 21.9 Å². The zero-order valence-electron chi connectivity index (χ0n) is 12.0. The molecule has 2 rings (SSSR count). The fraction of sp³-hybridized carbons (Fsp3) is 0.333. The van der Waals surface area contributed by atoms with E-state index in [-0.39, 0.29) is 5.56 Å². The van der Waals surface area contributed by atoms with Crippen LogP contribution in [0.3, 0.4) is 0 Å². The van der Waals surface area contributed by atoms with E-state index in [0.717, 1.165) is 17.7 Å². The number of aromatic nitrogens is 2. The lowest BCUT2D eigenvalue weighted by Gasteiger charge is -2.11. The molecule has 6 heteroatoms. The fourth-order valence-electron chi connectivity index (χ4n) is 2.02. The Bertz CT molecular complexity index is 713. The van der Waals surface area contributed by atoms with Crippen LogP contribution in [0.4, 0.5) is 0 Å². The van der Waals surface area contributed by atoms with Crippen molar-refractivity contribution in [1.82, 2.24) is 9.97 Å². The summed E-state index contributed by atoms with van der Waals surface area (Å²) in [7, 11) is 1.56. The summed E-state index contributed by atoms with van der Waals surface area (Å²) in [6, 6.07) is 5.25. The van der Waals surface area contributed by atoms with Crippen LogP contribution in [0.5, 0.6) is 5.75 Å². The number of hydrogen-bond donors (Lipinski definition) is 1. The van der Waals surface area contributed by atoms with Crippen molar-refractivity contribution < 1.29 is 4.74 Å². The van der Waals surface area contributed by atoms with Crippen molar-refractivity contribution in [3.8, 4) is 17.1 Å². The lowest BCUT2D eigenvalue weighted by atomic mass is 10.1. The lowest BCUT2D eigenvalue weighted by Crippen LogP contribution is -2.17. The fourth-order valence-corrected chi connectivity index (χ4v) is 2.65. The predicted octanol–water partition coefficient (Wildman–Crippen LogP) is 3.90. The number of ether oxygens (including phenoxy) is 1. The Kier molecular flexibility index (Phi) is 5.27. The Hall–Kier alpha value is -1.08. The molecule has 1 aromatic carbocycles. The molecule has 0 atom stereocenters. The Morgan fingerprint density at radius 1 is 1.43 bits per heavy atom. The third kappa shape index (κ3) is 3.77. The number of halogens is 2. The third-order valence-electron chi connectivity index (χ3n) is 2.95. The summed E-state index contributed by atoms with van der Waals surface area (Å²) < 4.78 is 5.96. The van der Waals surface area contributed by atoms with Gasteiger partial charge in [0.1, 0.15) is 11.6 Å². The molecule has 0 aliphatic heterocycles. The lowest BCUT2D eigenvalue weighted by molar-refractivity contribution is 0.416. The van der Waals surface area contributed by atoms with Gasteiger partial charge in [-0.3, -0.25) is 4.79 Å². The highest BCUT2D eigenvalue weighted by molar-refractivity contribution is 14.1. The predicted molar refractivity (Wildman–Crippen MR) is 93.1 cm³/mol. The van der Waals surface area contributed by atoms with Gasteiger partial charge in [-0.1, -0.05) is 25.4 Å². The smallest absolute Gasteiger partial charge is 0.264 e. The Morgan fingerprint density at radius 3 is 2.76 bits per heavy atom. The number of methoxy groups -OCH3 is 1. The minimum absolute atomic E-state index is 0.131. The first-order valence-corrected chi connectivity index (χ1v) is 8.00. The van der Waals surface area contributed by atoms with E-state index in [2.05, 4.69) is 23.8 Å². The molecule has 0 saturated heterocycles. The number of nitrogens with zero attached hydrogens (tertiary/aromatic N) is 1. The van der Waals surface area contributed by atoms with Crippen LogP contribution in [0, 0.1) is 9.49 Å². The topological polar surface area (TPSA) is 55.0 Å². The van der Waals surface area contributed by atoms with Gasteiger partial charge in [0.25, 0.3) is 5.56 Å². The molecule has 0 bridgehead atoms. The van der Waals surface area contributed by atoms with E-state index in [1.807, 2.05) is 22.6 Å². The van der Waals surface area contributed by atoms with E-state index < -0.39 is 0 Å². The number of nitrogens with one attached hydrogen (secondary N) is 1. The highest BCUT2D eigenvalue weighted by Gasteiger charge is 2.14. The van der Waals surface area contributed by atoms with E-state index >= 15 is 0 Å². The maximum Gasteiger partial charge on any atom is 0.264 e. The normalized spacial score (nSPS) is 11.0. The molecule has 1 aromatic heterocycles. The van der Waals surface area contributed by atoms with Crippen molar-refractivity contribution in [2.75, 3.05) is 7.11 Å². The van der Waals surface area contributed by atoms with Gasteiger partial charge in [-0.2, -0.15) is 0 Å². The summed E-state index contributed by atoms with van der Waals surface area (Å²) in [5.41, 5.74) is 1.40. The van der Waals surface area contributed by atoms with Crippen molar-refractivity contribution in [2.24, 2.45) is 5.92 Å². The molecule has 21 heavy (non-hydrogen) atoms. The number of rotatable bonds is 4.